The maximum atomic E-state index is 13.0. The number of hydrogen-bond donors (Lipinski definition) is 3. The number of anilines is 1. The maximum Gasteiger partial charge on any atom is 0.404 e. The largest absolute Gasteiger partial charge is 0.490 e. The number of ether oxygens (including phenoxy) is 1. The fraction of sp³-hybridized carbons (Fsp3) is 0.310. The number of rotatable bonds is 8. The Morgan fingerprint density at radius 1 is 1.21 bits per heavy atom. The Hall–Kier alpha value is -4.89. The van der Waals surface area contributed by atoms with Crippen molar-refractivity contribution in [2.24, 2.45) is 0 Å². The number of nitrogens with zero attached hydrogens (tertiary/aromatic N) is 6. The predicted molar refractivity (Wildman–Crippen MR) is 156 cm³/mol. The standard InChI is InChI=1S/C29H29ClN8O4/c1-18-4-3-5-22(30)25(18)27(39)36-29(2)6-9-37(10-7-29)24-16-33-23(15-34-24)21-12-20(42-11-8-32-28(40)41)17-38-26(21)19(13-31)14-35-38/h3-5,12,14-17,32H,6-11H2,1-2H3,(H,36,39)(H,40,41). The van der Waals surface area contributed by atoms with E-state index in [9.17, 15) is 14.9 Å². The van der Waals surface area contributed by atoms with Crippen molar-refractivity contribution in [1.82, 2.24) is 30.2 Å². The summed E-state index contributed by atoms with van der Waals surface area (Å²) in [5.41, 5.74) is 3.01. The molecule has 0 aliphatic carbocycles. The van der Waals surface area contributed by atoms with E-state index in [1.807, 2.05) is 26.0 Å². The van der Waals surface area contributed by atoms with Gasteiger partial charge in [-0.3, -0.25) is 9.78 Å². The van der Waals surface area contributed by atoms with Crippen LogP contribution in [0.5, 0.6) is 5.75 Å². The fourth-order valence-corrected chi connectivity index (χ4v) is 5.32. The second-order valence-electron chi connectivity index (χ2n) is 10.3. The Kier molecular flexibility index (Phi) is 8.13. The molecule has 1 aliphatic heterocycles. The monoisotopic (exact) mass is 588 g/mol. The van der Waals surface area contributed by atoms with Gasteiger partial charge >= 0.3 is 6.09 Å². The van der Waals surface area contributed by atoms with Crippen LogP contribution in [-0.2, 0) is 0 Å². The van der Waals surface area contributed by atoms with Crippen LogP contribution < -0.4 is 20.3 Å². The van der Waals surface area contributed by atoms with Gasteiger partial charge in [-0.2, -0.15) is 10.4 Å². The minimum Gasteiger partial charge on any atom is -0.490 e. The summed E-state index contributed by atoms with van der Waals surface area (Å²) in [6.45, 7) is 5.48. The normalized spacial score (nSPS) is 14.3. The quantitative estimate of drug-likeness (QED) is 0.258. The lowest BCUT2D eigenvalue weighted by molar-refractivity contribution is 0.0891. The number of aryl methyl sites for hydroxylation is 1. The lowest BCUT2D eigenvalue weighted by Crippen LogP contribution is -2.53. The van der Waals surface area contributed by atoms with Gasteiger partial charge in [0.15, 0.2) is 0 Å². The first-order valence-corrected chi connectivity index (χ1v) is 13.7. The number of amides is 2. The number of halogens is 1. The van der Waals surface area contributed by atoms with Crippen LogP contribution in [0.1, 0.15) is 41.3 Å². The molecule has 0 radical (unpaired) electrons. The summed E-state index contributed by atoms with van der Waals surface area (Å²) in [6.07, 6.45) is 6.71. The van der Waals surface area contributed by atoms with Gasteiger partial charge in [-0.05, 0) is 44.4 Å². The second-order valence-corrected chi connectivity index (χ2v) is 10.7. The number of benzene rings is 1. The van der Waals surface area contributed by atoms with Gasteiger partial charge in [0, 0.05) is 24.2 Å². The van der Waals surface area contributed by atoms with Crippen LogP contribution in [0.3, 0.4) is 0 Å². The summed E-state index contributed by atoms with van der Waals surface area (Å²) >= 11 is 6.30. The molecule has 1 saturated heterocycles. The molecule has 1 aliphatic rings. The van der Waals surface area contributed by atoms with E-state index < -0.39 is 11.6 Å². The van der Waals surface area contributed by atoms with Gasteiger partial charge in [-0.1, -0.05) is 23.7 Å². The van der Waals surface area contributed by atoms with Gasteiger partial charge in [-0.15, -0.1) is 0 Å². The van der Waals surface area contributed by atoms with E-state index >= 15 is 0 Å². The third-order valence-electron chi connectivity index (χ3n) is 7.32. The maximum absolute atomic E-state index is 13.0. The van der Waals surface area contributed by atoms with Gasteiger partial charge in [-0.25, -0.2) is 14.3 Å². The Morgan fingerprint density at radius 2 is 2.00 bits per heavy atom. The van der Waals surface area contributed by atoms with Gasteiger partial charge in [0.2, 0.25) is 0 Å². The molecule has 0 atom stereocenters. The Bertz CT molecular complexity index is 1650. The molecular formula is C29H29ClN8O4. The zero-order valence-electron chi connectivity index (χ0n) is 23.1. The molecule has 5 rings (SSSR count). The van der Waals surface area contributed by atoms with Crippen molar-refractivity contribution in [1.29, 1.82) is 5.26 Å². The lowest BCUT2D eigenvalue weighted by Gasteiger charge is -2.40. The molecule has 0 bridgehead atoms. The van der Waals surface area contributed by atoms with Crippen LogP contribution in [0.25, 0.3) is 16.8 Å². The molecule has 3 aromatic heterocycles. The first-order valence-electron chi connectivity index (χ1n) is 13.3. The van der Waals surface area contributed by atoms with E-state index in [0.717, 1.165) is 5.56 Å². The van der Waals surface area contributed by atoms with Gasteiger partial charge in [0.1, 0.15) is 24.2 Å². The van der Waals surface area contributed by atoms with Crippen molar-refractivity contribution in [2.75, 3.05) is 31.1 Å². The number of carbonyl (C=O) groups excluding carboxylic acids is 1. The summed E-state index contributed by atoms with van der Waals surface area (Å²) < 4.78 is 7.25. The number of carboxylic acid groups (broad SMARTS) is 1. The minimum absolute atomic E-state index is 0.109. The highest BCUT2D eigenvalue weighted by atomic mass is 35.5. The third-order valence-corrected chi connectivity index (χ3v) is 7.64. The highest BCUT2D eigenvalue weighted by Gasteiger charge is 2.33. The molecule has 4 heterocycles. The van der Waals surface area contributed by atoms with Crippen molar-refractivity contribution in [3.05, 3.63) is 70.8 Å². The van der Waals surface area contributed by atoms with Gasteiger partial charge in [0.05, 0.1) is 58.7 Å². The molecule has 42 heavy (non-hydrogen) atoms. The van der Waals surface area contributed by atoms with E-state index in [0.29, 0.717) is 70.4 Å². The molecule has 0 saturated carbocycles. The predicted octanol–water partition coefficient (Wildman–Crippen LogP) is 4.06. The Labute approximate surface area is 246 Å². The van der Waals surface area contributed by atoms with E-state index in [1.165, 1.54) is 10.7 Å². The smallest absolute Gasteiger partial charge is 0.404 e. The van der Waals surface area contributed by atoms with Crippen molar-refractivity contribution in [2.45, 2.75) is 32.2 Å². The number of carbonyl (C=O) groups is 2. The fourth-order valence-electron chi connectivity index (χ4n) is 5.01. The SMILES string of the molecule is Cc1cccc(Cl)c1C(=O)NC1(C)CCN(c2cnc(-c3cc(OCCNC(=O)O)cn4ncc(C#N)c34)cn2)CC1. The molecule has 0 unspecified atom stereocenters. The highest BCUT2D eigenvalue weighted by molar-refractivity contribution is 6.34. The van der Waals surface area contributed by atoms with E-state index in [-0.39, 0.29) is 19.1 Å². The summed E-state index contributed by atoms with van der Waals surface area (Å²) in [7, 11) is 0. The van der Waals surface area contributed by atoms with Crippen LogP contribution >= 0.6 is 11.6 Å². The zero-order chi connectivity index (χ0) is 29.9. The molecule has 0 spiro atoms. The van der Waals surface area contributed by atoms with Crippen LogP contribution in [0, 0.1) is 18.3 Å². The topological polar surface area (TPSA) is 158 Å². The average Bonchev–Trinajstić information content (AvgIpc) is 3.38. The van der Waals surface area contributed by atoms with Gasteiger partial charge < -0.3 is 25.4 Å². The molecule has 12 nitrogen and oxygen atoms in total. The van der Waals surface area contributed by atoms with Crippen LogP contribution in [0.15, 0.2) is 49.1 Å². The number of piperidine rings is 1. The molecule has 3 N–H and O–H groups in total. The van der Waals surface area contributed by atoms with E-state index in [2.05, 4.69) is 36.7 Å². The Morgan fingerprint density at radius 3 is 2.67 bits per heavy atom. The molecule has 2 amide bonds. The molecule has 1 aromatic carbocycles. The Balaban J connectivity index is 1.30. The van der Waals surface area contributed by atoms with Crippen LogP contribution in [0.4, 0.5) is 10.6 Å². The summed E-state index contributed by atoms with van der Waals surface area (Å²) in [6, 6.07) is 9.31. The van der Waals surface area contributed by atoms with Crippen molar-refractivity contribution in [3.63, 3.8) is 0 Å². The third kappa shape index (κ3) is 6.06. The highest BCUT2D eigenvalue weighted by Crippen LogP contribution is 2.31. The molecule has 4 aromatic rings. The second kappa shape index (κ2) is 11.9. The summed E-state index contributed by atoms with van der Waals surface area (Å²) in [4.78, 5) is 35.2. The summed E-state index contributed by atoms with van der Waals surface area (Å²) in [5, 5.41) is 28.5. The van der Waals surface area contributed by atoms with Crippen molar-refractivity contribution >= 4 is 34.9 Å². The summed E-state index contributed by atoms with van der Waals surface area (Å²) in [5.74, 6) is 0.962. The van der Waals surface area contributed by atoms with Gasteiger partial charge in [0.25, 0.3) is 5.91 Å². The number of nitrogens with one attached hydrogen (secondary N) is 2. The number of nitriles is 1. The van der Waals surface area contributed by atoms with Crippen LogP contribution in [-0.4, -0.2) is 68.5 Å². The molecule has 1 fully saturated rings. The molecule has 13 heteroatoms. The number of fused-ring (bicyclic) bond motifs is 1. The average molecular weight is 589 g/mol. The van der Waals surface area contributed by atoms with Crippen molar-refractivity contribution in [3.8, 4) is 23.1 Å². The zero-order valence-corrected chi connectivity index (χ0v) is 23.9. The van der Waals surface area contributed by atoms with E-state index in [4.69, 9.17) is 21.4 Å². The number of hydrogen-bond acceptors (Lipinski definition) is 8. The number of aromatic nitrogens is 4. The van der Waals surface area contributed by atoms with Crippen molar-refractivity contribution < 1.29 is 19.4 Å². The molecule has 216 valence electrons. The van der Waals surface area contributed by atoms with E-state index in [1.54, 1.807) is 30.7 Å². The molecular weight excluding hydrogens is 560 g/mol. The first kappa shape index (κ1) is 28.6. The lowest BCUT2D eigenvalue weighted by atomic mass is 9.89. The minimum atomic E-state index is -1.13. The first-order chi connectivity index (χ1) is 20.2. The van der Waals surface area contributed by atoms with Crippen LogP contribution in [0.2, 0.25) is 5.02 Å². The number of pyridine rings is 1.